The van der Waals surface area contributed by atoms with Gasteiger partial charge in [0.2, 0.25) is 5.91 Å². The van der Waals surface area contributed by atoms with Gasteiger partial charge in [0.15, 0.2) is 0 Å². The van der Waals surface area contributed by atoms with Crippen molar-refractivity contribution in [2.75, 3.05) is 6.61 Å². The predicted octanol–water partition coefficient (Wildman–Crippen LogP) is 13.9. The molecular formula is C49H93NO4. The first-order valence-electron chi connectivity index (χ1n) is 23.8. The molecule has 0 aromatic heterocycles. The smallest absolute Gasteiger partial charge is 0.222 e. The molecule has 318 valence electrons. The Morgan fingerprint density at radius 2 is 0.815 bits per heavy atom. The van der Waals surface area contributed by atoms with Crippen LogP contribution in [0.5, 0.6) is 0 Å². The van der Waals surface area contributed by atoms with Gasteiger partial charge >= 0.3 is 0 Å². The molecule has 3 atom stereocenters. The number of hydrogen-bond acceptors (Lipinski definition) is 4. The minimum absolute atomic E-state index is 0.00467. The monoisotopic (exact) mass is 760 g/mol. The van der Waals surface area contributed by atoms with E-state index in [0.29, 0.717) is 6.42 Å². The highest BCUT2D eigenvalue weighted by molar-refractivity contribution is 5.76. The molecule has 0 aromatic carbocycles. The number of allylic oxidation sites excluding steroid dienone is 5. The SMILES string of the molecule is CC/C=C/CC/C=C/CC/C=C/C(O)C(CO)NC(=O)CC(O)CCCCCCCCCCCCCCCCCCCCCCCCCCCCCCC. The molecule has 0 fully saturated rings. The summed E-state index contributed by atoms with van der Waals surface area (Å²) in [5, 5.41) is 33.1. The summed E-state index contributed by atoms with van der Waals surface area (Å²) >= 11 is 0. The van der Waals surface area contributed by atoms with E-state index >= 15 is 0 Å². The van der Waals surface area contributed by atoms with E-state index in [1.165, 1.54) is 173 Å². The maximum Gasteiger partial charge on any atom is 0.222 e. The highest BCUT2D eigenvalue weighted by Crippen LogP contribution is 2.17. The molecule has 0 bridgehead atoms. The first kappa shape index (κ1) is 52.6. The standard InChI is InChI=1S/C49H93NO4/c1-3-5-7-9-11-13-15-16-17-18-19-20-21-22-23-24-25-26-27-28-29-30-31-32-33-34-36-38-40-42-46(52)44-49(54)50-47(45-51)48(53)43-41-39-37-35-14-12-10-8-6-4-2/h6,8,14,35,41,43,46-48,51-53H,3-5,7,9-13,15-34,36-40,42,44-45H2,1-2H3,(H,50,54)/b8-6+,35-14+,43-41+. The number of hydrogen-bond donors (Lipinski definition) is 4. The molecule has 0 aliphatic heterocycles. The van der Waals surface area contributed by atoms with Crippen LogP contribution in [-0.4, -0.2) is 46.1 Å². The maximum atomic E-state index is 12.4. The van der Waals surface area contributed by atoms with Crippen molar-refractivity contribution in [2.24, 2.45) is 0 Å². The molecule has 5 nitrogen and oxygen atoms in total. The van der Waals surface area contributed by atoms with Gasteiger partial charge in [-0.25, -0.2) is 0 Å². The van der Waals surface area contributed by atoms with Gasteiger partial charge in [-0.3, -0.25) is 4.79 Å². The second kappa shape index (κ2) is 44.3. The fourth-order valence-corrected chi connectivity index (χ4v) is 7.32. The molecule has 0 aromatic rings. The van der Waals surface area contributed by atoms with Gasteiger partial charge < -0.3 is 20.6 Å². The van der Waals surface area contributed by atoms with Crippen LogP contribution in [0.15, 0.2) is 36.5 Å². The lowest BCUT2D eigenvalue weighted by Crippen LogP contribution is -2.45. The van der Waals surface area contributed by atoms with Crippen LogP contribution in [0.4, 0.5) is 0 Å². The Morgan fingerprint density at radius 1 is 0.481 bits per heavy atom. The number of aliphatic hydroxyl groups is 3. The quantitative estimate of drug-likeness (QED) is 0.0368. The van der Waals surface area contributed by atoms with E-state index in [1.807, 2.05) is 6.08 Å². The van der Waals surface area contributed by atoms with Gasteiger partial charge in [0.05, 0.1) is 31.3 Å². The van der Waals surface area contributed by atoms with Crippen molar-refractivity contribution in [3.63, 3.8) is 0 Å². The topological polar surface area (TPSA) is 89.8 Å². The number of aliphatic hydroxyl groups excluding tert-OH is 3. The fourth-order valence-electron chi connectivity index (χ4n) is 7.32. The van der Waals surface area contributed by atoms with E-state index in [2.05, 4.69) is 43.5 Å². The zero-order chi connectivity index (χ0) is 39.4. The van der Waals surface area contributed by atoms with Crippen LogP contribution < -0.4 is 5.32 Å². The van der Waals surface area contributed by atoms with Crippen molar-refractivity contribution < 1.29 is 20.1 Å². The molecule has 0 spiro atoms. The van der Waals surface area contributed by atoms with Gasteiger partial charge in [0.1, 0.15) is 0 Å². The summed E-state index contributed by atoms with van der Waals surface area (Å²) in [6.07, 6.45) is 56.2. The lowest BCUT2D eigenvalue weighted by molar-refractivity contribution is -0.124. The second-order valence-electron chi connectivity index (χ2n) is 16.3. The number of amides is 1. The maximum absolute atomic E-state index is 12.4. The van der Waals surface area contributed by atoms with Crippen LogP contribution in [-0.2, 0) is 4.79 Å². The number of unbranched alkanes of at least 4 members (excludes halogenated alkanes) is 30. The van der Waals surface area contributed by atoms with Crippen molar-refractivity contribution in [2.45, 2.75) is 263 Å². The predicted molar refractivity (Wildman–Crippen MR) is 236 cm³/mol. The first-order chi connectivity index (χ1) is 26.5. The van der Waals surface area contributed by atoms with Crippen molar-refractivity contribution in [3.8, 4) is 0 Å². The fraction of sp³-hybridized carbons (Fsp3) is 0.857. The molecule has 0 rings (SSSR count). The van der Waals surface area contributed by atoms with Gasteiger partial charge in [-0.05, 0) is 38.5 Å². The summed E-state index contributed by atoms with van der Waals surface area (Å²) in [5.41, 5.74) is 0. The van der Waals surface area contributed by atoms with Gasteiger partial charge in [-0.15, -0.1) is 0 Å². The molecule has 3 unspecified atom stereocenters. The van der Waals surface area contributed by atoms with Crippen LogP contribution in [0.3, 0.4) is 0 Å². The van der Waals surface area contributed by atoms with Crippen molar-refractivity contribution in [1.82, 2.24) is 5.32 Å². The molecule has 54 heavy (non-hydrogen) atoms. The molecule has 0 heterocycles. The van der Waals surface area contributed by atoms with Crippen molar-refractivity contribution in [1.29, 1.82) is 0 Å². The van der Waals surface area contributed by atoms with Gasteiger partial charge in [0, 0.05) is 0 Å². The number of nitrogens with one attached hydrogen (secondary N) is 1. The minimum atomic E-state index is -0.956. The van der Waals surface area contributed by atoms with E-state index in [9.17, 15) is 20.1 Å². The Bertz CT molecular complexity index is 840. The Labute approximate surface area is 336 Å². The van der Waals surface area contributed by atoms with E-state index in [-0.39, 0.29) is 18.9 Å². The van der Waals surface area contributed by atoms with Gasteiger partial charge in [-0.2, -0.15) is 0 Å². The van der Waals surface area contributed by atoms with Crippen LogP contribution in [0.2, 0.25) is 0 Å². The van der Waals surface area contributed by atoms with Crippen LogP contribution in [0.25, 0.3) is 0 Å². The third-order valence-electron chi connectivity index (χ3n) is 10.9. The highest BCUT2D eigenvalue weighted by Gasteiger charge is 2.20. The van der Waals surface area contributed by atoms with Crippen LogP contribution >= 0.6 is 0 Å². The molecule has 0 radical (unpaired) electrons. The second-order valence-corrected chi connectivity index (χ2v) is 16.3. The van der Waals surface area contributed by atoms with E-state index in [4.69, 9.17) is 0 Å². The van der Waals surface area contributed by atoms with E-state index < -0.39 is 18.2 Å². The van der Waals surface area contributed by atoms with E-state index in [1.54, 1.807) is 6.08 Å². The summed E-state index contributed by atoms with van der Waals surface area (Å²) in [5.74, 6) is -0.329. The Balaban J connectivity index is 3.49. The van der Waals surface area contributed by atoms with Gasteiger partial charge in [0.25, 0.3) is 0 Å². The first-order valence-corrected chi connectivity index (χ1v) is 23.8. The number of carbonyl (C=O) groups is 1. The normalized spacial score (nSPS) is 13.8. The van der Waals surface area contributed by atoms with E-state index in [0.717, 1.165) is 44.9 Å². The highest BCUT2D eigenvalue weighted by atomic mass is 16.3. The lowest BCUT2D eigenvalue weighted by Gasteiger charge is -2.21. The lowest BCUT2D eigenvalue weighted by atomic mass is 10.0. The van der Waals surface area contributed by atoms with Crippen molar-refractivity contribution >= 4 is 5.91 Å². The number of rotatable bonds is 43. The van der Waals surface area contributed by atoms with Crippen molar-refractivity contribution in [3.05, 3.63) is 36.5 Å². The minimum Gasteiger partial charge on any atom is -0.394 e. The van der Waals surface area contributed by atoms with Gasteiger partial charge in [-0.1, -0.05) is 237 Å². The Kier molecular flexibility index (Phi) is 43.1. The molecule has 1 amide bonds. The average Bonchev–Trinajstić information content (AvgIpc) is 3.16. The average molecular weight is 760 g/mol. The molecule has 4 N–H and O–H groups in total. The zero-order valence-electron chi connectivity index (χ0n) is 36.1. The summed E-state index contributed by atoms with van der Waals surface area (Å²) in [6, 6.07) is -0.764. The zero-order valence-corrected chi connectivity index (χ0v) is 36.1. The summed E-state index contributed by atoms with van der Waals surface area (Å²) < 4.78 is 0. The summed E-state index contributed by atoms with van der Waals surface area (Å²) in [7, 11) is 0. The summed E-state index contributed by atoms with van der Waals surface area (Å²) in [6.45, 7) is 4.08. The summed E-state index contributed by atoms with van der Waals surface area (Å²) in [4.78, 5) is 12.4. The van der Waals surface area contributed by atoms with Crippen LogP contribution in [0.1, 0.15) is 245 Å². The molecule has 0 aliphatic rings. The Morgan fingerprint density at radius 3 is 1.17 bits per heavy atom. The molecule has 0 saturated carbocycles. The molecule has 0 saturated heterocycles. The third-order valence-corrected chi connectivity index (χ3v) is 10.9. The largest absolute Gasteiger partial charge is 0.394 e. The molecule has 5 heteroatoms. The third kappa shape index (κ3) is 40.2. The molecular weight excluding hydrogens is 667 g/mol. The van der Waals surface area contributed by atoms with Crippen LogP contribution in [0, 0.1) is 0 Å². The number of carbonyl (C=O) groups excluding carboxylic acids is 1. The molecule has 0 aliphatic carbocycles. The Hall–Kier alpha value is -1.43.